The van der Waals surface area contributed by atoms with Crippen molar-refractivity contribution in [3.8, 4) is 0 Å². The van der Waals surface area contributed by atoms with Crippen LogP contribution in [0.5, 0.6) is 0 Å². The van der Waals surface area contributed by atoms with E-state index in [1.54, 1.807) is 6.07 Å². The highest BCUT2D eigenvalue weighted by Crippen LogP contribution is 2.17. The summed E-state index contributed by atoms with van der Waals surface area (Å²) in [7, 11) is 0. The molecule has 110 valence electrons. The zero-order valence-electron chi connectivity index (χ0n) is 12.2. The van der Waals surface area contributed by atoms with Crippen LogP contribution in [0, 0.1) is 0 Å². The van der Waals surface area contributed by atoms with Gasteiger partial charge in [-0.25, -0.2) is 9.78 Å². The van der Waals surface area contributed by atoms with Crippen molar-refractivity contribution in [1.29, 1.82) is 0 Å². The second-order valence-corrected chi connectivity index (χ2v) is 4.93. The van der Waals surface area contributed by atoms with Crippen molar-refractivity contribution in [3.05, 3.63) is 59.9 Å². The van der Waals surface area contributed by atoms with E-state index in [0.29, 0.717) is 6.54 Å². The molecule has 0 bridgehead atoms. The lowest BCUT2D eigenvalue weighted by molar-refractivity contribution is 0.0690. The average molecular weight is 284 g/mol. The molecule has 2 aromatic rings. The van der Waals surface area contributed by atoms with Gasteiger partial charge in [0.25, 0.3) is 0 Å². The molecule has 21 heavy (non-hydrogen) atoms. The first kappa shape index (κ1) is 15.0. The van der Waals surface area contributed by atoms with Crippen LogP contribution in [-0.2, 0) is 6.54 Å². The molecule has 0 aliphatic rings. The fraction of sp³-hybridized carbons (Fsp3) is 0.294. The first-order chi connectivity index (χ1) is 10.2. The van der Waals surface area contributed by atoms with Crippen LogP contribution < -0.4 is 4.90 Å². The Balaban J connectivity index is 2.18. The van der Waals surface area contributed by atoms with Crippen LogP contribution in [0.1, 0.15) is 35.9 Å². The maximum atomic E-state index is 11.0. The fourth-order valence-corrected chi connectivity index (χ4v) is 2.17. The number of nitrogens with zero attached hydrogens (tertiary/aromatic N) is 2. The van der Waals surface area contributed by atoms with Gasteiger partial charge in [-0.05, 0) is 30.7 Å². The Labute approximate surface area is 125 Å². The number of benzene rings is 1. The largest absolute Gasteiger partial charge is 0.477 e. The summed E-state index contributed by atoms with van der Waals surface area (Å²) in [5.41, 5.74) is 2.00. The van der Waals surface area contributed by atoms with Gasteiger partial charge >= 0.3 is 5.97 Å². The molecule has 0 radical (unpaired) electrons. The second kappa shape index (κ2) is 7.43. The lowest BCUT2D eigenvalue weighted by atomic mass is 10.2. The van der Waals surface area contributed by atoms with Crippen LogP contribution in [-0.4, -0.2) is 22.6 Å². The summed E-state index contributed by atoms with van der Waals surface area (Å²) in [5.74, 6) is -0.989. The molecule has 1 N–H and O–H groups in total. The molecule has 0 amide bonds. The van der Waals surface area contributed by atoms with Gasteiger partial charge in [-0.3, -0.25) is 0 Å². The molecule has 0 unspecified atom stereocenters. The van der Waals surface area contributed by atoms with Gasteiger partial charge < -0.3 is 10.0 Å². The normalized spacial score (nSPS) is 10.3. The van der Waals surface area contributed by atoms with Gasteiger partial charge in [0.15, 0.2) is 0 Å². The van der Waals surface area contributed by atoms with Crippen molar-refractivity contribution < 1.29 is 9.90 Å². The number of aromatic nitrogens is 1. The predicted molar refractivity (Wildman–Crippen MR) is 83.6 cm³/mol. The van der Waals surface area contributed by atoms with Gasteiger partial charge in [-0.2, -0.15) is 0 Å². The maximum Gasteiger partial charge on any atom is 0.354 e. The Morgan fingerprint density at radius 2 is 1.90 bits per heavy atom. The molecule has 2 rings (SSSR count). The van der Waals surface area contributed by atoms with Crippen molar-refractivity contribution in [2.75, 3.05) is 11.4 Å². The van der Waals surface area contributed by atoms with E-state index in [0.717, 1.165) is 30.8 Å². The quantitative estimate of drug-likeness (QED) is 0.844. The number of hydrogen-bond acceptors (Lipinski definition) is 3. The first-order valence-corrected chi connectivity index (χ1v) is 7.20. The van der Waals surface area contributed by atoms with E-state index in [-0.39, 0.29) is 5.69 Å². The van der Waals surface area contributed by atoms with E-state index < -0.39 is 5.97 Å². The average Bonchev–Trinajstić information content (AvgIpc) is 2.52. The van der Waals surface area contributed by atoms with Crippen LogP contribution in [0.15, 0.2) is 48.5 Å². The summed E-state index contributed by atoms with van der Waals surface area (Å²) in [6, 6.07) is 15.3. The molecule has 0 saturated carbocycles. The number of aromatic carboxylic acids is 1. The number of anilines is 1. The molecule has 0 saturated heterocycles. The van der Waals surface area contributed by atoms with E-state index in [1.165, 1.54) is 6.07 Å². The van der Waals surface area contributed by atoms with E-state index >= 15 is 0 Å². The van der Waals surface area contributed by atoms with Crippen LogP contribution in [0.4, 0.5) is 5.69 Å². The van der Waals surface area contributed by atoms with Gasteiger partial charge in [0.1, 0.15) is 5.69 Å². The van der Waals surface area contributed by atoms with Gasteiger partial charge in [0, 0.05) is 12.2 Å². The predicted octanol–water partition coefficient (Wildman–Crippen LogP) is 3.59. The monoisotopic (exact) mass is 284 g/mol. The van der Waals surface area contributed by atoms with Crippen molar-refractivity contribution in [2.24, 2.45) is 0 Å². The summed E-state index contributed by atoms with van der Waals surface area (Å²) in [6.07, 6.45) is 2.21. The minimum atomic E-state index is -0.989. The Hall–Kier alpha value is -2.36. The highest BCUT2D eigenvalue weighted by atomic mass is 16.4. The van der Waals surface area contributed by atoms with Crippen LogP contribution in [0.25, 0.3) is 0 Å². The van der Waals surface area contributed by atoms with E-state index in [4.69, 9.17) is 5.11 Å². The van der Waals surface area contributed by atoms with Crippen LogP contribution in [0.3, 0.4) is 0 Å². The number of hydrogen-bond donors (Lipinski definition) is 1. The molecule has 0 aliphatic carbocycles. The number of carbonyl (C=O) groups is 1. The topological polar surface area (TPSA) is 53.4 Å². The Morgan fingerprint density at radius 1 is 1.14 bits per heavy atom. The smallest absolute Gasteiger partial charge is 0.354 e. The fourth-order valence-electron chi connectivity index (χ4n) is 2.17. The molecular weight excluding hydrogens is 264 g/mol. The molecule has 1 aromatic heterocycles. The van der Waals surface area contributed by atoms with Crippen molar-refractivity contribution in [1.82, 2.24) is 4.98 Å². The summed E-state index contributed by atoms with van der Waals surface area (Å²) in [6.45, 7) is 3.71. The summed E-state index contributed by atoms with van der Waals surface area (Å²) in [5, 5.41) is 9.03. The molecule has 1 aromatic carbocycles. The number of rotatable bonds is 7. The van der Waals surface area contributed by atoms with Gasteiger partial charge in [-0.1, -0.05) is 37.6 Å². The van der Waals surface area contributed by atoms with Gasteiger partial charge in [0.2, 0.25) is 0 Å². The Kier molecular flexibility index (Phi) is 5.32. The molecule has 0 fully saturated rings. The number of carboxylic acid groups (broad SMARTS) is 1. The van der Waals surface area contributed by atoms with Crippen molar-refractivity contribution >= 4 is 11.7 Å². The molecular formula is C17H20N2O2. The number of unbranched alkanes of at least 4 members (excludes halogenated alkanes) is 1. The molecule has 0 spiro atoms. The van der Waals surface area contributed by atoms with E-state index in [9.17, 15) is 4.79 Å². The van der Waals surface area contributed by atoms with E-state index in [1.807, 2.05) is 24.3 Å². The lowest BCUT2D eigenvalue weighted by Crippen LogP contribution is -2.24. The zero-order chi connectivity index (χ0) is 15.1. The van der Waals surface area contributed by atoms with Crippen LogP contribution in [0.2, 0.25) is 0 Å². The Bertz CT molecular complexity index is 584. The third-order valence-corrected chi connectivity index (χ3v) is 3.28. The zero-order valence-corrected chi connectivity index (χ0v) is 12.2. The van der Waals surface area contributed by atoms with Gasteiger partial charge in [-0.15, -0.1) is 0 Å². The van der Waals surface area contributed by atoms with Crippen molar-refractivity contribution in [3.63, 3.8) is 0 Å². The Morgan fingerprint density at radius 3 is 2.57 bits per heavy atom. The molecule has 4 heteroatoms. The SMILES string of the molecule is CCCCN(Cc1cccc(C(=O)O)n1)c1ccccc1. The maximum absolute atomic E-state index is 11.0. The minimum Gasteiger partial charge on any atom is -0.477 e. The van der Waals surface area contributed by atoms with Crippen molar-refractivity contribution in [2.45, 2.75) is 26.3 Å². The van der Waals surface area contributed by atoms with E-state index in [2.05, 4.69) is 28.9 Å². The molecule has 4 nitrogen and oxygen atoms in total. The summed E-state index contributed by atoms with van der Waals surface area (Å²) < 4.78 is 0. The summed E-state index contributed by atoms with van der Waals surface area (Å²) >= 11 is 0. The number of carboxylic acids is 1. The molecule has 1 heterocycles. The first-order valence-electron chi connectivity index (χ1n) is 7.20. The highest BCUT2D eigenvalue weighted by Gasteiger charge is 2.10. The van der Waals surface area contributed by atoms with Crippen LogP contribution >= 0.6 is 0 Å². The third-order valence-electron chi connectivity index (χ3n) is 3.28. The number of pyridine rings is 1. The standard InChI is InChI=1S/C17H20N2O2/c1-2-3-12-19(15-9-5-4-6-10-15)13-14-8-7-11-16(18-14)17(20)21/h4-11H,2-3,12-13H2,1H3,(H,20,21). The number of para-hydroxylation sites is 1. The molecule has 0 aliphatic heterocycles. The third kappa shape index (κ3) is 4.31. The molecule has 0 atom stereocenters. The highest BCUT2D eigenvalue weighted by molar-refractivity contribution is 5.85. The summed E-state index contributed by atoms with van der Waals surface area (Å²) in [4.78, 5) is 17.4. The minimum absolute atomic E-state index is 0.0935. The lowest BCUT2D eigenvalue weighted by Gasteiger charge is -2.24. The van der Waals surface area contributed by atoms with Gasteiger partial charge in [0.05, 0.1) is 12.2 Å². The second-order valence-electron chi connectivity index (χ2n) is 4.93.